The summed E-state index contributed by atoms with van der Waals surface area (Å²) in [6.45, 7) is -0.117. The first-order chi connectivity index (χ1) is 9.26. The Hall–Kier alpha value is -2.40. The minimum Gasteiger partial charge on any atom is -0.435 e. The minimum atomic E-state index is -0.117. The highest BCUT2D eigenvalue weighted by molar-refractivity contribution is 5.87. The number of rotatable bonds is 3. The van der Waals surface area contributed by atoms with Gasteiger partial charge in [-0.25, -0.2) is 4.98 Å². The van der Waals surface area contributed by atoms with Crippen molar-refractivity contribution >= 4 is 10.8 Å². The summed E-state index contributed by atoms with van der Waals surface area (Å²) in [7, 11) is 1.82. The Morgan fingerprint density at radius 1 is 1.32 bits per heavy atom. The molecule has 0 aliphatic rings. The fourth-order valence-corrected chi connectivity index (χ4v) is 1.94. The molecule has 5 nitrogen and oxygen atoms in total. The van der Waals surface area contributed by atoms with Crippen molar-refractivity contribution in [1.82, 2.24) is 14.8 Å². The number of aryl methyl sites for hydroxylation is 1. The number of benzene rings is 1. The predicted molar refractivity (Wildman–Crippen MR) is 70.9 cm³/mol. The number of nitrogens with zero attached hydrogens (tertiary/aromatic N) is 3. The molecule has 96 valence electrons. The molecule has 1 aromatic carbocycles. The van der Waals surface area contributed by atoms with Crippen LogP contribution in [-0.4, -0.2) is 19.9 Å². The molecular weight excluding hydrogens is 242 g/mol. The number of aromatic nitrogens is 3. The second kappa shape index (κ2) is 4.70. The van der Waals surface area contributed by atoms with Crippen LogP contribution in [0.3, 0.4) is 0 Å². The highest BCUT2D eigenvalue weighted by Gasteiger charge is 2.08. The predicted octanol–water partition coefficient (Wildman–Crippen LogP) is 2.25. The van der Waals surface area contributed by atoms with E-state index in [1.165, 1.54) is 0 Å². The van der Waals surface area contributed by atoms with Crippen LogP contribution in [0.4, 0.5) is 0 Å². The van der Waals surface area contributed by atoms with Crippen LogP contribution in [0.2, 0.25) is 0 Å². The fourth-order valence-electron chi connectivity index (χ4n) is 1.94. The minimum absolute atomic E-state index is 0.117. The summed E-state index contributed by atoms with van der Waals surface area (Å²) in [4.78, 5) is 4.31. The number of fused-ring (bicyclic) bond motifs is 1. The SMILES string of the molecule is Cn1cc(Oc2nc(CO)cc3ccccc23)cn1. The van der Waals surface area contributed by atoms with Crippen LogP contribution >= 0.6 is 0 Å². The van der Waals surface area contributed by atoms with E-state index in [2.05, 4.69) is 10.1 Å². The van der Waals surface area contributed by atoms with Gasteiger partial charge >= 0.3 is 0 Å². The Kier molecular flexibility index (Phi) is 2.89. The smallest absolute Gasteiger partial charge is 0.227 e. The van der Waals surface area contributed by atoms with Gasteiger partial charge in [-0.3, -0.25) is 4.68 Å². The van der Waals surface area contributed by atoms with Gasteiger partial charge in [-0.1, -0.05) is 18.2 Å². The molecule has 0 saturated carbocycles. The first-order valence-corrected chi connectivity index (χ1v) is 5.92. The molecular formula is C14H13N3O2. The molecule has 0 atom stereocenters. The van der Waals surface area contributed by atoms with Gasteiger partial charge in [-0.15, -0.1) is 0 Å². The van der Waals surface area contributed by atoms with E-state index in [9.17, 15) is 5.11 Å². The fraction of sp³-hybridized carbons (Fsp3) is 0.143. The third-order valence-corrected chi connectivity index (χ3v) is 2.82. The lowest BCUT2D eigenvalue weighted by Crippen LogP contribution is -1.94. The Labute approximate surface area is 110 Å². The van der Waals surface area contributed by atoms with Crippen LogP contribution in [0.15, 0.2) is 42.7 Å². The monoisotopic (exact) mass is 255 g/mol. The maximum Gasteiger partial charge on any atom is 0.227 e. The number of aliphatic hydroxyl groups is 1. The molecule has 3 rings (SSSR count). The molecule has 2 aromatic heterocycles. The van der Waals surface area contributed by atoms with E-state index < -0.39 is 0 Å². The van der Waals surface area contributed by atoms with Crippen LogP contribution in [-0.2, 0) is 13.7 Å². The quantitative estimate of drug-likeness (QED) is 0.779. The van der Waals surface area contributed by atoms with Gasteiger partial charge < -0.3 is 9.84 Å². The van der Waals surface area contributed by atoms with E-state index in [0.29, 0.717) is 17.3 Å². The third-order valence-electron chi connectivity index (χ3n) is 2.82. The topological polar surface area (TPSA) is 60.2 Å². The third kappa shape index (κ3) is 2.28. The first kappa shape index (κ1) is 11.7. The number of aliphatic hydroxyl groups excluding tert-OH is 1. The molecule has 0 amide bonds. The maximum absolute atomic E-state index is 9.26. The van der Waals surface area contributed by atoms with E-state index in [1.807, 2.05) is 37.4 Å². The standard InChI is InChI=1S/C14H13N3O2/c1-17-8-12(7-15-17)19-14-13-5-3-2-4-10(13)6-11(9-18)16-14/h2-8,18H,9H2,1H3. The molecule has 0 fully saturated rings. The molecule has 1 N–H and O–H groups in total. The van der Waals surface area contributed by atoms with Crippen LogP contribution < -0.4 is 4.74 Å². The summed E-state index contributed by atoms with van der Waals surface area (Å²) in [5, 5.41) is 15.2. The molecule has 5 heteroatoms. The maximum atomic E-state index is 9.26. The molecule has 0 aliphatic heterocycles. The van der Waals surface area contributed by atoms with Crippen molar-refractivity contribution in [2.24, 2.45) is 7.05 Å². The summed E-state index contributed by atoms with van der Waals surface area (Å²) in [5.74, 6) is 1.10. The molecule has 0 radical (unpaired) electrons. The molecule has 2 heterocycles. The Bertz CT molecular complexity index is 722. The lowest BCUT2D eigenvalue weighted by Gasteiger charge is -2.08. The number of pyridine rings is 1. The second-order valence-electron chi connectivity index (χ2n) is 4.25. The van der Waals surface area contributed by atoms with Crippen LogP contribution in [0, 0.1) is 0 Å². The molecule has 0 aliphatic carbocycles. The van der Waals surface area contributed by atoms with E-state index >= 15 is 0 Å². The van der Waals surface area contributed by atoms with Gasteiger partial charge in [-0.2, -0.15) is 5.10 Å². The zero-order valence-corrected chi connectivity index (χ0v) is 10.4. The Balaban J connectivity index is 2.10. The Morgan fingerprint density at radius 2 is 2.16 bits per heavy atom. The lowest BCUT2D eigenvalue weighted by atomic mass is 10.1. The van der Waals surface area contributed by atoms with E-state index in [1.54, 1.807) is 17.1 Å². The number of hydrogen-bond acceptors (Lipinski definition) is 4. The van der Waals surface area contributed by atoms with Crippen molar-refractivity contribution in [3.63, 3.8) is 0 Å². The molecule has 0 saturated heterocycles. The van der Waals surface area contributed by atoms with Gasteiger partial charge in [0.15, 0.2) is 5.75 Å². The van der Waals surface area contributed by atoms with Crippen molar-refractivity contribution in [3.8, 4) is 11.6 Å². The van der Waals surface area contributed by atoms with Crippen molar-refractivity contribution in [1.29, 1.82) is 0 Å². The molecule has 3 aromatic rings. The van der Waals surface area contributed by atoms with Crippen molar-refractivity contribution in [3.05, 3.63) is 48.4 Å². The number of ether oxygens (including phenoxy) is 1. The normalized spacial score (nSPS) is 10.8. The van der Waals surface area contributed by atoms with Gasteiger partial charge in [0, 0.05) is 12.4 Å². The molecule has 0 unspecified atom stereocenters. The average Bonchev–Trinajstić information content (AvgIpc) is 2.84. The average molecular weight is 255 g/mol. The van der Waals surface area contributed by atoms with Crippen molar-refractivity contribution < 1.29 is 9.84 Å². The Morgan fingerprint density at radius 3 is 2.89 bits per heavy atom. The zero-order valence-electron chi connectivity index (χ0n) is 10.4. The van der Waals surface area contributed by atoms with Gasteiger partial charge in [-0.05, 0) is 17.5 Å². The largest absolute Gasteiger partial charge is 0.435 e. The van der Waals surface area contributed by atoms with E-state index in [0.717, 1.165) is 10.8 Å². The van der Waals surface area contributed by atoms with E-state index in [-0.39, 0.29) is 6.61 Å². The van der Waals surface area contributed by atoms with Crippen LogP contribution in [0.25, 0.3) is 10.8 Å². The highest BCUT2D eigenvalue weighted by atomic mass is 16.5. The first-order valence-electron chi connectivity index (χ1n) is 5.92. The van der Waals surface area contributed by atoms with Gasteiger partial charge in [0.05, 0.1) is 24.7 Å². The summed E-state index contributed by atoms with van der Waals surface area (Å²) < 4.78 is 7.41. The molecule has 19 heavy (non-hydrogen) atoms. The van der Waals surface area contributed by atoms with Crippen molar-refractivity contribution in [2.75, 3.05) is 0 Å². The molecule has 0 spiro atoms. The van der Waals surface area contributed by atoms with Gasteiger partial charge in [0.2, 0.25) is 5.88 Å². The van der Waals surface area contributed by atoms with E-state index in [4.69, 9.17) is 4.74 Å². The van der Waals surface area contributed by atoms with Crippen LogP contribution in [0.5, 0.6) is 11.6 Å². The summed E-state index contributed by atoms with van der Waals surface area (Å²) in [6, 6.07) is 9.63. The van der Waals surface area contributed by atoms with Crippen LogP contribution in [0.1, 0.15) is 5.69 Å². The van der Waals surface area contributed by atoms with Gasteiger partial charge in [0.25, 0.3) is 0 Å². The summed E-state index contributed by atoms with van der Waals surface area (Å²) in [6.07, 6.45) is 3.39. The number of hydrogen-bond donors (Lipinski definition) is 1. The molecule has 0 bridgehead atoms. The lowest BCUT2D eigenvalue weighted by molar-refractivity contribution is 0.275. The van der Waals surface area contributed by atoms with Crippen molar-refractivity contribution in [2.45, 2.75) is 6.61 Å². The zero-order chi connectivity index (χ0) is 13.2. The summed E-state index contributed by atoms with van der Waals surface area (Å²) >= 11 is 0. The van der Waals surface area contributed by atoms with Gasteiger partial charge in [0.1, 0.15) is 0 Å². The second-order valence-corrected chi connectivity index (χ2v) is 4.25. The highest BCUT2D eigenvalue weighted by Crippen LogP contribution is 2.28. The summed E-state index contributed by atoms with van der Waals surface area (Å²) in [5.41, 5.74) is 0.581.